The van der Waals surface area contributed by atoms with E-state index in [0.29, 0.717) is 0 Å². The molecule has 1 atom stereocenters. The minimum atomic E-state index is 0.733. The highest BCUT2D eigenvalue weighted by atomic mass is 79.9. The van der Waals surface area contributed by atoms with Crippen molar-refractivity contribution in [3.8, 4) is 0 Å². The van der Waals surface area contributed by atoms with Crippen molar-refractivity contribution in [2.45, 2.75) is 38.1 Å². The maximum absolute atomic E-state index is 3.84. The third-order valence-electron chi connectivity index (χ3n) is 2.79. The van der Waals surface area contributed by atoms with Crippen molar-refractivity contribution in [1.82, 2.24) is 4.90 Å². The minimum Gasteiger partial charge on any atom is -0.300 e. The summed E-state index contributed by atoms with van der Waals surface area (Å²) in [5.74, 6) is 0. The number of hydrogen-bond donors (Lipinski definition) is 0. The normalized spacial score (nSPS) is 21.3. The van der Waals surface area contributed by atoms with Gasteiger partial charge in [0.15, 0.2) is 0 Å². The Bertz CT molecular complexity index is 141. The molecule has 0 aliphatic carbocycles. The maximum Gasteiger partial charge on any atom is 0.0138 e. The molecule has 0 amide bonds. The van der Waals surface area contributed by atoms with Crippen molar-refractivity contribution < 1.29 is 0 Å². The zero-order chi connectivity index (χ0) is 9.52. The van der Waals surface area contributed by atoms with Crippen LogP contribution in [0.5, 0.6) is 0 Å². The summed E-state index contributed by atoms with van der Waals surface area (Å²) in [7, 11) is 0. The van der Waals surface area contributed by atoms with Crippen LogP contribution in [0, 0.1) is 0 Å². The number of hydrogen-bond acceptors (Lipinski definition) is 1. The standard InChI is InChI=1S/C11H20BrN/c1-2-6-11(7-8-12)13-9-4-3-5-10-13/h2,11H,1,3-10H2. The molecule has 1 fully saturated rings. The van der Waals surface area contributed by atoms with Gasteiger partial charge >= 0.3 is 0 Å². The highest BCUT2D eigenvalue weighted by molar-refractivity contribution is 9.09. The van der Waals surface area contributed by atoms with Crippen LogP contribution in [-0.2, 0) is 0 Å². The number of nitrogens with zero attached hydrogens (tertiary/aromatic N) is 1. The average Bonchev–Trinajstić information content (AvgIpc) is 2.19. The number of piperidine rings is 1. The van der Waals surface area contributed by atoms with E-state index in [-0.39, 0.29) is 0 Å². The molecule has 0 bridgehead atoms. The highest BCUT2D eigenvalue weighted by Gasteiger charge is 2.18. The summed E-state index contributed by atoms with van der Waals surface area (Å²) >= 11 is 3.53. The van der Waals surface area contributed by atoms with E-state index in [2.05, 4.69) is 33.5 Å². The SMILES string of the molecule is C=CCC(CCBr)N1CCCCC1. The summed E-state index contributed by atoms with van der Waals surface area (Å²) in [5, 5.41) is 1.11. The van der Waals surface area contributed by atoms with Crippen LogP contribution in [0.25, 0.3) is 0 Å². The Kier molecular flexibility index (Phi) is 5.72. The van der Waals surface area contributed by atoms with E-state index in [1.165, 1.54) is 38.8 Å². The van der Waals surface area contributed by atoms with Gasteiger partial charge in [-0.05, 0) is 38.8 Å². The van der Waals surface area contributed by atoms with Crippen molar-refractivity contribution >= 4 is 15.9 Å². The molecule has 0 aromatic carbocycles. The highest BCUT2D eigenvalue weighted by Crippen LogP contribution is 2.17. The van der Waals surface area contributed by atoms with Crippen LogP contribution in [0.1, 0.15) is 32.1 Å². The fourth-order valence-electron chi connectivity index (χ4n) is 2.05. The quantitative estimate of drug-likeness (QED) is 0.532. The Labute approximate surface area is 90.3 Å². The maximum atomic E-state index is 3.84. The summed E-state index contributed by atoms with van der Waals surface area (Å²) in [6, 6.07) is 0.733. The van der Waals surface area contributed by atoms with Gasteiger partial charge in [-0.1, -0.05) is 28.4 Å². The molecular weight excluding hydrogens is 226 g/mol. The second kappa shape index (κ2) is 6.61. The largest absolute Gasteiger partial charge is 0.300 e. The second-order valence-electron chi connectivity index (χ2n) is 3.75. The lowest BCUT2D eigenvalue weighted by atomic mass is 10.0. The summed E-state index contributed by atoms with van der Waals surface area (Å²) in [6.45, 7) is 6.43. The van der Waals surface area contributed by atoms with Gasteiger partial charge < -0.3 is 4.90 Å². The zero-order valence-corrected chi connectivity index (χ0v) is 9.93. The molecule has 1 heterocycles. The first-order chi connectivity index (χ1) is 6.38. The molecule has 76 valence electrons. The third kappa shape index (κ3) is 3.82. The van der Waals surface area contributed by atoms with Gasteiger partial charge in [-0.15, -0.1) is 6.58 Å². The molecule has 0 aromatic rings. The smallest absolute Gasteiger partial charge is 0.0138 e. The molecule has 0 aromatic heterocycles. The third-order valence-corrected chi connectivity index (χ3v) is 3.25. The second-order valence-corrected chi connectivity index (χ2v) is 4.55. The van der Waals surface area contributed by atoms with E-state index in [4.69, 9.17) is 0 Å². The van der Waals surface area contributed by atoms with Gasteiger partial charge in [0.1, 0.15) is 0 Å². The number of alkyl halides is 1. The molecule has 0 saturated carbocycles. The fourth-order valence-corrected chi connectivity index (χ4v) is 2.58. The van der Waals surface area contributed by atoms with Crippen LogP contribution in [0.15, 0.2) is 12.7 Å². The minimum absolute atomic E-state index is 0.733. The topological polar surface area (TPSA) is 3.24 Å². The lowest BCUT2D eigenvalue weighted by molar-refractivity contribution is 0.161. The van der Waals surface area contributed by atoms with Crippen molar-refractivity contribution in [3.63, 3.8) is 0 Å². The zero-order valence-electron chi connectivity index (χ0n) is 8.34. The van der Waals surface area contributed by atoms with Crippen LogP contribution in [0.2, 0.25) is 0 Å². The summed E-state index contributed by atoms with van der Waals surface area (Å²) in [4.78, 5) is 2.63. The number of rotatable bonds is 5. The van der Waals surface area contributed by atoms with Crippen LogP contribution in [-0.4, -0.2) is 29.4 Å². The Balaban J connectivity index is 2.36. The van der Waals surface area contributed by atoms with Crippen molar-refractivity contribution in [1.29, 1.82) is 0 Å². The Hall–Kier alpha value is 0.180. The van der Waals surface area contributed by atoms with Gasteiger partial charge in [0.2, 0.25) is 0 Å². The van der Waals surface area contributed by atoms with E-state index in [1.807, 2.05) is 0 Å². The monoisotopic (exact) mass is 245 g/mol. The van der Waals surface area contributed by atoms with E-state index in [1.54, 1.807) is 0 Å². The number of likely N-dealkylation sites (tertiary alicyclic amines) is 1. The fraction of sp³-hybridized carbons (Fsp3) is 0.818. The average molecular weight is 246 g/mol. The Morgan fingerprint density at radius 3 is 2.54 bits per heavy atom. The summed E-state index contributed by atoms with van der Waals surface area (Å²) in [6.07, 6.45) is 8.65. The molecule has 1 saturated heterocycles. The lowest BCUT2D eigenvalue weighted by Crippen LogP contribution is -2.39. The van der Waals surface area contributed by atoms with Gasteiger partial charge in [-0.3, -0.25) is 0 Å². The molecule has 1 nitrogen and oxygen atoms in total. The Morgan fingerprint density at radius 2 is 2.00 bits per heavy atom. The molecular formula is C11H20BrN. The molecule has 1 unspecified atom stereocenters. The van der Waals surface area contributed by atoms with Crippen LogP contribution in [0.3, 0.4) is 0 Å². The van der Waals surface area contributed by atoms with Gasteiger partial charge in [0, 0.05) is 11.4 Å². The molecule has 0 radical (unpaired) electrons. The van der Waals surface area contributed by atoms with Crippen molar-refractivity contribution in [2.24, 2.45) is 0 Å². The molecule has 1 aliphatic heterocycles. The van der Waals surface area contributed by atoms with Crippen molar-refractivity contribution in [2.75, 3.05) is 18.4 Å². The summed E-state index contributed by atoms with van der Waals surface area (Å²) < 4.78 is 0. The lowest BCUT2D eigenvalue weighted by Gasteiger charge is -2.33. The predicted octanol–water partition coefficient (Wildman–Crippen LogP) is 3.20. The van der Waals surface area contributed by atoms with Gasteiger partial charge in [-0.2, -0.15) is 0 Å². The van der Waals surface area contributed by atoms with Crippen LogP contribution in [0.4, 0.5) is 0 Å². The first-order valence-corrected chi connectivity index (χ1v) is 6.41. The van der Waals surface area contributed by atoms with E-state index in [9.17, 15) is 0 Å². The predicted molar refractivity (Wildman–Crippen MR) is 62.4 cm³/mol. The molecule has 2 heteroatoms. The molecule has 13 heavy (non-hydrogen) atoms. The van der Waals surface area contributed by atoms with Gasteiger partial charge in [-0.25, -0.2) is 0 Å². The summed E-state index contributed by atoms with van der Waals surface area (Å²) in [5.41, 5.74) is 0. The number of halogens is 1. The van der Waals surface area contributed by atoms with E-state index < -0.39 is 0 Å². The molecule has 0 spiro atoms. The van der Waals surface area contributed by atoms with Gasteiger partial charge in [0.05, 0.1) is 0 Å². The Morgan fingerprint density at radius 1 is 1.31 bits per heavy atom. The molecule has 1 aliphatic rings. The van der Waals surface area contributed by atoms with Crippen LogP contribution < -0.4 is 0 Å². The van der Waals surface area contributed by atoms with Crippen LogP contribution >= 0.6 is 15.9 Å². The molecule has 1 rings (SSSR count). The van der Waals surface area contributed by atoms with Crippen molar-refractivity contribution in [3.05, 3.63) is 12.7 Å². The first-order valence-electron chi connectivity index (χ1n) is 5.29. The molecule has 0 N–H and O–H groups in total. The first kappa shape index (κ1) is 11.3. The van der Waals surface area contributed by atoms with E-state index >= 15 is 0 Å². The van der Waals surface area contributed by atoms with E-state index in [0.717, 1.165) is 17.8 Å². The van der Waals surface area contributed by atoms with Gasteiger partial charge in [0.25, 0.3) is 0 Å².